The Morgan fingerprint density at radius 2 is 1.90 bits per heavy atom. The van der Waals surface area contributed by atoms with Crippen molar-refractivity contribution in [1.82, 2.24) is 9.55 Å². The van der Waals surface area contributed by atoms with Crippen LogP contribution >= 0.6 is 12.2 Å². The van der Waals surface area contributed by atoms with Crippen LogP contribution in [0.2, 0.25) is 0 Å². The Morgan fingerprint density at radius 1 is 1.10 bits per heavy atom. The molecule has 1 N–H and O–H groups in total. The second-order valence-electron chi connectivity index (χ2n) is 4.46. The fourth-order valence-corrected chi connectivity index (χ4v) is 2.59. The van der Waals surface area contributed by atoms with Gasteiger partial charge in [0, 0.05) is 12.1 Å². The molecule has 0 radical (unpaired) electrons. The van der Waals surface area contributed by atoms with Crippen LogP contribution in [0.4, 0.5) is 4.39 Å². The first-order chi connectivity index (χ1) is 10.1. The number of ether oxygens (including phenoxy) is 2. The van der Waals surface area contributed by atoms with E-state index in [4.69, 9.17) is 21.7 Å². The van der Waals surface area contributed by atoms with Gasteiger partial charge in [-0.2, -0.15) is 0 Å². The molecule has 0 saturated heterocycles. The molecule has 0 bridgehead atoms. The molecule has 4 nitrogen and oxygen atoms in total. The minimum atomic E-state index is -0.362. The van der Waals surface area contributed by atoms with Crippen LogP contribution in [0, 0.1) is 10.6 Å². The quantitative estimate of drug-likeness (QED) is 0.747. The van der Waals surface area contributed by atoms with E-state index in [9.17, 15) is 4.39 Å². The van der Waals surface area contributed by atoms with Gasteiger partial charge in [0.1, 0.15) is 17.3 Å². The molecule has 0 saturated carbocycles. The number of H-pyrrole nitrogens is 1. The zero-order valence-corrected chi connectivity index (χ0v) is 12.3. The first-order valence-electron chi connectivity index (χ1n) is 6.26. The van der Waals surface area contributed by atoms with Gasteiger partial charge in [0.15, 0.2) is 4.77 Å². The van der Waals surface area contributed by atoms with Crippen LogP contribution in [-0.2, 0) is 0 Å². The third kappa shape index (κ3) is 2.27. The molecule has 21 heavy (non-hydrogen) atoms. The first-order valence-corrected chi connectivity index (χ1v) is 6.67. The van der Waals surface area contributed by atoms with Crippen molar-refractivity contribution in [2.75, 3.05) is 14.2 Å². The fourth-order valence-electron chi connectivity index (χ4n) is 2.28. The molecule has 0 aliphatic rings. The Morgan fingerprint density at radius 3 is 2.62 bits per heavy atom. The zero-order chi connectivity index (χ0) is 15.0. The van der Waals surface area contributed by atoms with Crippen LogP contribution in [0.3, 0.4) is 0 Å². The van der Waals surface area contributed by atoms with Gasteiger partial charge in [-0.3, -0.25) is 4.57 Å². The summed E-state index contributed by atoms with van der Waals surface area (Å²) < 4.78 is 26.2. The lowest BCUT2D eigenvalue weighted by molar-refractivity contribution is 0.409. The maximum absolute atomic E-state index is 13.4. The van der Waals surface area contributed by atoms with Crippen molar-refractivity contribution in [3.05, 3.63) is 47.0 Å². The van der Waals surface area contributed by atoms with E-state index in [0.29, 0.717) is 22.0 Å². The van der Waals surface area contributed by atoms with Crippen LogP contribution in [-0.4, -0.2) is 23.8 Å². The fraction of sp³-hybridized carbons (Fsp3) is 0.133. The summed E-state index contributed by atoms with van der Waals surface area (Å²) in [6, 6.07) is 9.94. The molecule has 0 atom stereocenters. The lowest BCUT2D eigenvalue weighted by atomic mass is 10.2. The van der Waals surface area contributed by atoms with E-state index >= 15 is 0 Å². The molecular weight excluding hydrogens is 291 g/mol. The summed E-state index contributed by atoms with van der Waals surface area (Å²) in [4.78, 5) is 3.12. The van der Waals surface area contributed by atoms with Gasteiger partial charge in [-0.05, 0) is 36.5 Å². The molecule has 0 amide bonds. The maximum atomic E-state index is 13.4. The van der Waals surface area contributed by atoms with Crippen molar-refractivity contribution in [3.63, 3.8) is 0 Å². The molecule has 1 heterocycles. The van der Waals surface area contributed by atoms with Crippen molar-refractivity contribution in [2.45, 2.75) is 0 Å². The average molecular weight is 304 g/mol. The average Bonchev–Trinajstić information content (AvgIpc) is 2.82. The zero-order valence-electron chi connectivity index (χ0n) is 11.5. The summed E-state index contributed by atoms with van der Waals surface area (Å²) in [6.45, 7) is 0. The van der Waals surface area contributed by atoms with Gasteiger partial charge in [0.25, 0.3) is 0 Å². The van der Waals surface area contributed by atoms with E-state index in [1.165, 1.54) is 19.2 Å². The minimum absolute atomic E-state index is 0.362. The van der Waals surface area contributed by atoms with E-state index in [2.05, 4.69) is 4.98 Å². The second kappa shape index (κ2) is 5.21. The SMILES string of the molecule is COc1ccc2[nH]c(=S)n(-c3ccc(F)cc3OC)c2c1. The largest absolute Gasteiger partial charge is 0.497 e. The van der Waals surface area contributed by atoms with Gasteiger partial charge in [0.05, 0.1) is 30.9 Å². The molecule has 6 heteroatoms. The number of aromatic amines is 1. The predicted octanol–water partition coefficient (Wildman–Crippen LogP) is 3.84. The topological polar surface area (TPSA) is 39.2 Å². The number of methoxy groups -OCH3 is 2. The number of nitrogens with zero attached hydrogens (tertiary/aromatic N) is 1. The number of imidazole rings is 1. The number of hydrogen-bond acceptors (Lipinski definition) is 3. The van der Waals surface area contributed by atoms with Gasteiger partial charge in [-0.25, -0.2) is 4.39 Å². The third-order valence-electron chi connectivity index (χ3n) is 3.27. The molecule has 0 aliphatic carbocycles. The van der Waals surface area contributed by atoms with Crippen molar-refractivity contribution in [1.29, 1.82) is 0 Å². The Bertz CT molecular complexity index is 870. The molecule has 1 aromatic heterocycles. The summed E-state index contributed by atoms with van der Waals surface area (Å²) in [6.07, 6.45) is 0. The lowest BCUT2D eigenvalue weighted by Crippen LogP contribution is -1.99. The molecule has 0 spiro atoms. The number of aromatic nitrogens is 2. The van der Waals surface area contributed by atoms with Crippen LogP contribution in [0.1, 0.15) is 0 Å². The van der Waals surface area contributed by atoms with Gasteiger partial charge in [-0.1, -0.05) is 0 Å². The Balaban J connectivity index is 2.34. The monoisotopic (exact) mass is 304 g/mol. The van der Waals surface area contributed by atoms with E-state index < -0.39 is 0 Å². The Hall–Kier alpha value is -2.34. The van der Waals surface area contributed by atoms with E-state index in [-0.39, 0.29) is 5.82 Å². The summed E-state index contributed by atoms with van der Waals surface area (Å²) in [5.74, 6) is 0.765. The molecule has 108 valence electrons. The normalized spacial score (nSPS) is 10.8. The van der Waals surface area contributed by atoms with Crippen molar-refractivity contribution in [2.24, 2.45) is 0 Å². The highest BCUT2D eigenvalue weighted by Crippen LogP contribution is 2.29. The summed E-state index contributed by atoms with van der Waals surface area (Å²) in [5.41, 5.74) is 2.37. The Labute approximate surface area is 125 Å². The highest BCUT2D eigenvalue weighted by Gasteiger charge is 2.12. The number of benzene rings is 2. The molecule has 3 aromatic rings. The second-order valence-corrected chi connectivity index (χ2v) is 4.85. The Kier molecular flexibility index (Phi) is 3.39. The van der Waals surface area contributed by atoms with E-state index in [1.54, 1.807) is 17.7 Å². The van der Waals surface area contributed by atoms with Crippen LogP contribution < -0.4 is 9.47 Å². The minimum Gasteiger partial charge on any atom is -0.497 e. The smallest absolute Gasteiger partial charge is 0.182 e. The predicted molar refractivity (Wildman–Crippen MR) is 81.5 cm³/mol. The lowest BCUT2D eigenvalue weighted by Gasteiger charge is -2.10. The standard InChI is InChI=1S/C15H13FN2O2S/c1-19-10-4-5-11-13(8-10)18(15(21)17-11)12-6-3-9(16)7-14(12)20-2/h3-8H,1-2H3,(H,17,21). The molecule has 3 rings (SSSR count). The first kappa shape index (κ1) is 13.6. The van der Waals surface area contributed by atoms with Crippen LogP contribution in [0.5, 0.6) is 11.5 Å². The van der Waals surface area contributed by atoms with Gasteiger partial charge in [0.2, 0.25) is 0 Å². The van der Waals surface area contributed by atoms with Gasteiger partial charge < -0.3 is 14.5 Å². The summed E-state index contributed by atoms with van der Waals surface area (Å²) in [5, 5.41) is 0. The number of hydrogen-bond donors (Lipinski definition) is 1. The molecule has 2 aromatic carbocycles. The van der Waals surface area contributed by atoms with Crippen molar-refractivity contribution in [3.8, 4) is 17.2 Å². The van der Waals surface area contributed by atoms with E-state index in [0.717, 1.165) is 11.0 Å². The number of rotatable bonds is 3. The van der Waals surface area contributed by atoms with E-state index in [1.807, 2.05) is 18.2 Å². The summed E-state index contributed by atoms with van der Waals surface area (Å²) >= 11 is 5.37. The third-order valence-corrected chi connectivity index (χ3v) is 3.56. The van der Waals surface area contributed by atoms with Crippen molar-refractivity contribution >= 4 is 23.3 Å². The number of halogens is 1. The summed E-state index contributed by atoms with van der Waals surface area (Å²) in [7, 11) is 3.10. The van der Waals surface area contributed by atoms with Crippen LogP contribution in [0.15, 0.2) is 36.4 Å². The van der Waals surface area contributed by atoms with Gasteiger partial charge in [-0.15, -0.1) is 0 Å². The van der Waals surface area contributed by atoms with Crippen LogP contribution in [0.25, 0.3) is 16.7 Å². The highest BCUT2D eigenvalue weighted by atomic mass is 32.1. The number of fused-ring (bicyclic) bond motifs is 1. The molecule has 0 unspecified atom stereocenters. The van der Waals surface area contributed by atoms with Gasteiger partial charge >= 0.3 is 0 Å². The number of nitrogens with one attached hydrogen (secondary N) is 1. The molecule has 0 fully saturated rings. The highest BCUT2D eigenvalue weighted by molar-refractivity contribution is 7.71. The molecule has 0 aliphatic heterocycles. The maximum Gasteiger partial charge on any atom is 0.182 e. The molecular formula is C15H13FN2O2S. The van der Waals surface area contributed by atoms with Crippen molar-refractivity contribution < 1.29 is 13.9 Å².